The van der Waals surface area contributed by atoms with Gasteiger partial charge >= 0.3 is 0 Å². The summed E-state index contributed by atoms with van der Waals surface area (Å²) in [6, 6.07) is 15.8. The molecule has 0 radical (unpaired) electrons. The highest BCUT2D eigenvalue weighted by Gasteiger charge is 2.22. The molecule has 0 saturated carbocycles. The van der Waals surface area contributed by atoms with E-state index in [1.165, 1.54) is 7.11 Å². The summed E-state index contributed by atoms with van der Waals surface area (Å²) in [5.74, 6) is 0.133. The van der Waals surface area contributed by atoms with Gasteiger partial charge in [-0.25, -0.2) is 8.42 Å². The second-order valence-electron chi connectivity index (χ2n) is 5.67. The Labute approximate surface area is 148 Å². The quantitative estimate of drug-likeness (QED) is 0.820. The van der Waals surface area contributed by atoms with Crippen molar-refractivity contribution in [2.24, 2.45) is 0 Å². The first-order chi connectivity index (χ1) is 11.8. The molecule has 0 aromatic heterocycles. The number of nitrogens with one attached hydrogen (secondary N) is 1. The zero-order chi connectivity index (χ0) is 18.4. The fourth-order valence-corrected chi connectivity index (χ4v) is 3.26. The summed E-state index contributed by atoms with van der Waals surface area (Å²) >= 11 is 0. The smallest absolute Gasteiger partial charge is 0.241 e. The first-order valence-electron chi connectivity index (χ1n) is 7.77. The highest BCUT2D eigenvalue weighted by Crippen LogP contribution is 2.23. The van der Waals surface area contributed by atoms with Crippen molar-refractivity contribution in [3.05, 3.63) is 60.2 Å². The van der Waals surface area contributed by atoms with Crippen molar-refractivity contribution in [3.8, 4) is 5.75 Å². The fourth-order valence-electron chi connectivity index (χ4n) is 2.41. The number of hydrogen-bond acceptors (Lipinski definition) is 4. The third kappa shape index (κ3) is 5.22. The van der Waals surface area contributed by atoms with Gasteiger partial charge in [0.05, 0.1) is 25.1 Å². The highest BCUT2D eigenvalue weighted by molar-refractivity contribution is 7.92. The van der Waals surface area contributed by atoms with E-state index in [1.54, 1.807) is 24.3 Å². The van der Waals surface area contributed by atoms with Crippen LogP contribution in [0.25, 0.3) is 0 Å². The number of nitrogens with zero attached hydrogens (tertiary/aromatic N) is 1. The number of benzene rings is 2. The normalized spacial score (nSPS) is 12.3. The number of ether oxygens (including phenoxy) is 1. The van der Waals surface area contributed by atoms with Crippen molar-refractivity contribution in [2.45, 2.75) is 13.0 Å². The molecule has 0 fully saturated rings. The third-order valence-electron chi connectivity index (χ3n) is 3.71. The standard InChI is InChI=1S/C18H22N2O4S/c1-14(15-8-5-4-6-9-15)19-18(21)13-20(25(3,22)23)16-10-7-11-17(12-16)24-2/h4-12,14H,13H2,1-3H3,(H,19,21). The van der Waals surface area contributed by atoms with E-state index in [0.29, 0.717) is 11.4 Å². The van der Waals surface area contributed by atoms with Gasteiger partial charge in [0.2, 0.25) is 15.9 Å². The summed E-state index contributed by atoms with van der Waals surface area (Å²) in [7, 11) is -2.12. The van der Waals surface area contributed by atoms with E-state index in [2.05, 4.69) is 5.32 Å². The second kappa shape index (κ2) is 8.02. The minimum absolute atomic E-state index is 0.222. The number of hydrogen-bond donors (Lipinski definition) is 1. The van der Waals surface area contributed by atoms with Crippen molar-refractivity contribution < 1.29 is 17.9 Å². The highest BCUT2D eigenvalue weighted by atomic mass is 32.2. The lowest BCUT2D eigenvalue weighted by atomic mass is 10.1. The van der Waals surface area contributed by atoms with Crippen LogP contribution in [0.3, 0.4) is 0 Å². The molecule has 1 N–H and O–H groups in total. The molecule has 1 atom stereocenters. The van der Waals surface area contributed by atoms with Gasteiger partial charge in [0.1, 0.15) is 12.3 Å². The van der Waals surface area contributed by atoms with Crippen LogP contribution in [0.1, 0.15) is 18.5 Å². The molecule has 2 rings (SSSR count). The van der Waals surface area contributed by atoms with Gasteiger partial charge < -0.3 is 10.1 Å². The minimum Gasteiger partial charge on any atom is -0.497 e. The van der Waals surface area contributed by atoms with E-state index >= 15 is 0 Å². The maximum absolute atomic E-state index is 12.4. The summed E-state index contributed by atoms with van der Waals surface area (Å²) in [5, 5.41) is 2.82. The summed E-state index contributed by atoms with van der Waals surface area (Å²) < 4.78 is 30.4. The Morgan fingerprint density at radius 1 is 1.16 bits per heavy atom. The second-order valence-corrected chi connectivity index (χ2v) is 7.58. The summed E-state index contributed by atoms with van der Waals surface area (Å²) in [5.41, 5.74) is 1.33. The van der Waals surface area contributed by atoms with Crippen LogP contribution in [0.4, 0.5) is 5.69 Å². The van der Waals surface area contributed by atoms with Gasteiger partial charge in [-0.1, -0.05) is 36.4 Å². The molecule has 0 aliphatic carbocycles. The predicted molar refractivity (Wildman–Crippen MR) is 98.2 cm³/mol. The molecule has 2 aromatic rings. The maximum Gasteiger partial charge on any atom is 0.241 e. The molecule has 0 heterocycles. The molecule has 0 saturated heterocycles. The van der Waals surface area contributed by atoms with Crippen molar-refractivity contribution in [3.63, 3.8) is 0 Å². The first kappa shape index (κ1) is 18.8. The number of methoxy groups -OCH3 is 1. The SMILES string of the molecule is COc1cccc(N(CC(=O)NC(C)c2ccccc2)S(C)(=O)=O)c1. The van der Waals surface area contributed by atoms with Crippen LogP contribution in [0.2, 0.25) is 0 Å². The molecular formula is C18H22N2O4S. The summed E-state index contributed by atoms with van der Waals surface area (Å²) in [6.07, 6.45) is 1.07. The molecule has 0 aliphatic rings. The Morgan fingerprint density at radius 3 is 2.44 bits per heavy atom. The number of rotatable bonds is 7. The van der Waals surface area contributed by atoms with Gasteiger partial charge in [0.15, 0.2) is 0 Å². The average molecular weight is 362 g/mol. The predicted octanol–water partition coefficient (Wildman–Crippen LogP) is 2.34. The lowest BCUT2D eigenvalue weighted by Gasteiger charge is -2.23. The molecule has 6 nitrogen and oxygen atoms in total. The number of carbonyl (C=O) groups excluding carboxylic acids is 1. The molecule has 0 spiro atoms. The molecular weight excluding hydrogens is 340 g/mol. The van der Waals surface area contributed by atoms with Crippen molar-refractivity contribution in [1.82, 2.24) is 5.32 Å². The largest absolute Gasteiger partial charge is 0.497 e. The Morgan fingerprint density at radius 2 is 1.84 bits per heavy atom. The van der Waals surface area contributed by atoms with Gasteiger partial charge in [0.25, 0.3) is 0 Å². The summed E-state index contributed by atoms with van der Waals surface area (Å²) in [6.45, 7) is 1.55. The van der Waals surface area contributed by atoms with E-state index in [1.807, 2.05) is 37.3 Å². The van der Waals surface area contributed by atoms with E-state index in [-0.39, 0.29) is 18.5 Å². The molecule has 134 valence electrons. The summed E-state index contributed by atoms with van der Waals surface area (Å²) in [4.78, 5) is 12.4. The Kier molecular flexibility index (Phi) is 6.03. The van der Waals surface area contributed by atoms with E-state index in [0.717, 1.165) is 16.1 Å². The van der Waals surface area contributed by atoms with Crippen LogP contribution >= 0.6 is 0 Å². The molecule has 0 aliphatic heterocycles. The van der Waals surface area contributed by atoms with Crippen LogP contribution in [-0.4, -0.2) is 34.2 Å². The van der Waals surface area contributed by atoms with Crippen LogP contribution in [0.5, 0.6) is 5.75 Å². The topological polar surface area (TPSA) is 75.7 Å². The van der Waals surface area contributed by atoms with Gasteiger partial charge in [-0.15, -0.1) is 0 Å². The maximum atomic E-state index is 12.4. The molecule has 1 unspecified atom stereocenters. The van der Waals surface area contributed by atoms with E-state index < -0.39 is 10.0 Å². The van der Waals surface area contributed by atoms with Gasteiger partial charge in [-0.05, 0) is 24.6 Å². The van der Waals surface area contributed by atoms with Crippen LogP contribution in [0.15, 0.2) is 54.6 Å². The molecule has 1 amide bonds. The van der Waals surface area contributed by atoms with Crippen molar-refractivity contribution in [2.75, 3.05) is 24.2 Å². The van der Waals surface area contributed by atoms with Crippen molar-refractivity contribution in [1.29, 1.82) is 0 Å². The fraction of sp³-hybridized carbons (Fsp3) is 0.278. The van der Waals surface area contributed by atoms with E-state index in [9.17, 15) is 13.2 Å². The van der Waals surface area contributed by atoms with Gasteiger partial charge in [-0.2, -0.15) is 0 Å². The lowest BCUT2D eigenvalue weighted by Crippen LogP contribution is -2.41. The number of amides is 1. The lowest BCUT2D eigenvalue weighted by molar-refractivity contribution is -0.120. The monoisotopic (exact) mass is 362 g/mol. The average Bonchev–Trinajstić information content (AvgIpc) is 2.59. The Balaban J connectivity index is 2.16. The van der Waals surface area contributed by atoms with Crippen molar-refractivity contribution >= 4 is 21.6 Å². The zero-order valence-corrected chi connectivity index (χ0v) is 15.3. The Hall–Kier alpha value is -2.54. The third-order valence-corrected chi connectivity index (χ3v) is 4.85. The Bertz CT molecular complexity index is 822. The van der Waals surface area contributed by atoms with Crippen LogP contribution in [0, 0.1) is 0 Å². The first-order valence-corrected chi connectivity index (χ1v) is 9.62. The molecule has 25 heavy (non-hydrogen) atoms. The number of sulfonamides is 1. The van der Waals surface area contributed by atoms with Gasteiger partial charge in [-0.3, -0.25) is 9.10 Å². The molecule has 7 heteroatoms. The van der Waals surface area contributed by atoms with Crippen LogP contribution < -0.4 is 14.4 Å². The molecule has 2 aromatic carbocycles. The zero-order valence-electron chi connectivity index (χ0n) is 14.5. The van der Waals surface area contributed by atoms with Gasteiger partial charge in [0, 0.05) is 6.07 Å². The van der Waals surface area contributed by atoms with E-state index in [4.69, 9.17) is 4.74 Å². The number of carbonyl (C=O) groups is 1. The molecule has 0 bridgehead atoms. The number of anilines is 1. The van der Waals surface area contributed by atoms with Crippen LogP contribution in [-0.2, 0) is 14.8 Å². The minimum atomic E-state index is -3.62.